The predicted molar refractivity (Wildman–Crippen MR) is 79.9 cm³/mol. The van der Waals surface area contributed by atoms with Gasteiger partial charge < -0.3 is 10.1 Å². The van der Waals surface area contributed by atoms with Crippen LogP contribution in [0, 0.1) is 17.0 Å². The summed E-state index contributed by atoms with van der Waals surface area (Å²) in [7, 11) is 0. The molecule has 1 rings (SSSR count). The molecule has 0 heterocycles. The number of urea groups is 1. The van der Waals surface area contributed by atoms with Crippen LogP contribution in [0.4, 0.5) is 10.5 Å². The molecule has 0 saturated heterocycles. The fraction of sp³-hybridized carbons (Fsp3) is 0.214. The number of aryl methyl sites for hydroxylation is 1. The van der Waals surface area contributed by atoms with Crippen molar-refractivity contribution in [1.29, 1.82) is 0 Å². The van der Waals surface area contributed by atoms with E-state index in [-0.39, 0.29) is 23.4 Å². The van der Waals surface area contributed by atoms with Crippen LogP contribution in [0.3, 0.4) is 0 Å². The lowest BCUT2D eigenvalue weighted by Crippen LogP contribution is -2.41. The molecule has 0 atom stereocenters. The van der Waals surface area contributed by atoms with E-state index in [1.165, 1.54) is 31.2 Å². The second-order valence-electron chi connectivity index (χ2n) is 4.35. The second-order valence-corrected chi connectivity index (χ2v) is 4.35. The number of nitrogens with zero attached hydrogens (tertiary/aromatic N) is 1. The van der Waals surface area contributed by atoms with Gasteiger partial charge >= 0.3 is 12.0 Å². The number of carbonyl (C=O) groups excluding carboxylic acids is 3. The maximum Gasteiger partial charge on any atom is 0.345 e. The van der Waals surface area contributed by atoms with Crippen LogP contribution < -0.4 is 10.6 Å². The summed E-state index contributed by atoms with van der Waals surface area (Å²) in [5, 5.41) is 15.2. The zero-order valence-electron chi connectivity index (χ0n) is 12.3. The molecular formula is C14H15N3O6. The number of esters is 1. The highest BCUT2D eigenvalue weighted by atomic mass is 16.6. The minimum absolute atomic E-state index is 0.161. The van der Waals surface area contributed by atoms with E-state index >= 15 is 0 Å². The molecule has 0 radical (unpaired) electrons. The lowest BCUT2D eigenvalue weighted by Gasteiger charge is -2.07. The second kappa shape index (κ2) is 8.27. The number of hydrogen-bond acceptors (Lipinski definition) is 6. The number of para-hydroxylation sites is 1. The molecule has 0 aliphatic heterocycles. The van der Waals surface area contributed by atoms with Gasteiger partial charge in [0.15, 0.2) is 6.61 Å². The van der Waals surface area contributed by atoms with Gasteiger partial charge in [-0.1, -0.05) is 18.2 Å². The van der Waals surface area contributed by atoms with Crippen molar-refractivity contribution in [1.82, 2.24) is 10.6 Å². The van der Waals surface area contributed by atoms with Gasteiger partial charge in [0, 0.05) is 12.1 Å². The zero-order chi connectivity index (χ0) is 17.4. The highest BCUT2D eigenvalue weighted by Gasteiger charge is 2.24. The molecule has 0 aliphatic rings. The Hall–Kier alpha value is -3.23. The normalized spacial score (nSPS) is 9.61. The molecule has 0 aromatic heterocycles. The third kappa shape index (κ3) is 5.23. The van der Waals surface area contributed by atoms with E-state index in [1.54, 1.807) is 0 Å². The number of imide groups is 1. The van der Waals surface area contributed by atoms with Crippen LogP contribution in [-0.4, -0.2) is 36.0 Å². The van der Waals surface area contributed by atoms with E-state index in [2.05, 4.69) is 16.6 Å². The fourth-order valence-electron chi connectivity index (χ4n) is 1.65. The lowest BCUT2D eigenvalue weighted by atomic mass is 10.1. The number of ether oxygens (including phenoxy) is 1. The summed E-state index contributed by atoms with van der Waals surface area (Å²) >= 11 is 0. The van der Waals surface area contributed by atoms with Crippen LogP contribution in [0.25, 0.3) is 0 Å². The van der Waals surface area contributed by atoms with E-state index in [0.29, 0.717) is 0 Å². The van der Waals surface area contributed by atoms with Crippen LogP contribution in [0.15, 0.2) is 30.9 Å². The Kier molecular flexibility index (Phi) is 6.41. The summed E-state index contributed by atoms with van der Waals surface area (Å²) in [6.07, 6.45) is 1.42. The molecule has 23 heavy (non-hydrogen) atoms. The molecule has 0 fully saturated rings. The first-order valence-corrected chi connectivity index (χ1v) is 6.46. The van der Waals surface area contributed by atoms with Gasteiger partial charge in [-0.2, -0.15) is 0 Å². The van der Waals surface area contributed by atoms with E-state index in [0.717, 1.165) is 0 Å². The molecule has 1 aromatic rings. The quantitative estimate of drug-likeness (QED) is 0.349. The summed E-state index contributed by atoms with van der Waals surface area (Å²) in [6, 6.07) is 3.39. The molecular weight excluding hydrogens is 306 g/mol. The minimum atomic E-state index is -1.03. The highest BCUT2D eigenvalue weighted by Crippen LogP contribution is 2.23. The molecule has 0 bridgehead atoms. The zero-order valence-corrected chi connectivity index (χ0v) is 12.3. The maximum absolute atomic E-state index is 11.9. The number of hydrogen-bond donors (Lipinski definition) is 2. The average Bonchev–Trinajstić information content (AvgIpc) is 2.49. The smallest absolute Gasteiger partial charge is 0.345 e. The molecule has 0 saturated carbocycles. The van der Waals surface area contributed by atoms with Crippen molar-refractivity contribution in [2.24, 2.45) is 0 Å². The number of nitro benzene ring substituents is 1. The van der Waals surface area contributed by atoms with Crippen molar-refractivity contribution < 1.29 is 24.0 Å². The number of rotatable bonds is 6. The first-order chi connectivity index (χ1) is 10.9. The van der Waals surface area contributed by atoms with E-state index in [9.17, 15) is 24.5 Å². The molecule has 0 aliphatic carbocycles. The van der Waals surface area contributed by atoms with Crippen LogP contribution >= 0.6 is 0 Å². The van der Waals surface area contributed by atoms with E-state index in [4.69, 9.17) is 0 Å². The van der Waals surface area contributed by atoms with Crippen LogP contribution in [-0.2, 0) is 9.53 Å². The molecule has 3 amide bonds. The van der Waals surface area contributed by atoms with Gasteiger partial charge in [0.25, 0.3) is 11.6 Å². The number of benzene rings is 1. The molecule has 2 N–H and O–H groups in total. The topological polar surface area (TPSA) is 128 Å². The number of nitrogens with one attached hydrogen (secondary N) is 2. The van der Waals surface area contributed by atoms with E-state index < -0.39 is 29.4 Å². The molecule has 122 valence electrons. The van der Waals surface area contributed by atoms with Crippen LogP contribution in [0.1, 0.15) is 15.9 Å². The molecule has 0 spiro atoms. The van der Waals surface area contributed by atoms with Crippen molar-refractivity contribution in [3.8, 4) is 0 Å². The van der Waals surface area contributed by atoms with Crippen molar-refractivity contribution in [2.75, 3.05) is 13.2 Å². The summed E-state index contributed by atoms with van der Waals surface area (Å²) in [5.74, 6) is -1.89. The Balaban J connectivity index is 2.66. The number of carbonyl (C=O) groups is 3. The summed E-state index contributed by atoms with van der Waals surface area (Å²) in [6.45, 7) is 4.28. The van der Waals surface area contributed by atoms with Gasteiger partial charge in [-0.25, -0.2) is 9.59 Å². The van der Waals surface area contributed by atoms with Crippen molar-refractivity contribution in [3.63, 3.8) is 0 Å². The monoisotopic (exact) mass is 321 g/mol. The average molecular weight is 321 g/mol. The molecule has 9 nitrogen and oxygen atoms in total. The summed E-state index contributed by atoms with van der Waals surface area (Å²) < 4.78 is 4.69. The summed E-state index contributed by atoms with van der Waals surface area (Å²) in [4.78, 5) is 44.8. The van der Waals surface area contributed by atoms with Crippen molar-refractivity contribution in [2.45, 2.75) is 6.92 Å². The van der Waals surface area contributed by atoms with Crippen molar-refractivity contribution in [3.05, 3.63) is 52.1 Å². The maximum atomic E-state index is 11.9. The van der Waals surface area contributed by atoms with Gasteiger partial charge in [-0.15, -0.1) is 6.58 Å². The lowest BCUT2D eigenvalue weighted by molar-refractivity contribution is -0.385. The molecule has 1 aromatic carbocycles. The van der Waals surface area contributed by atoms with Gasteiger partial charge in [-0.05, 0) is 13.0 Å². The van der Waals surface area contributed by atoms with Crippen LogP contribution in [0.5, 0.6) is 0 Å². The van der Waals surface area contributed by atoms with Gasteiger partial charge in [0.2, 0.25) is 0 Å². The van der Waals surface area contributed by atoms with Gasteiger partial charge in [-0.3, -0.25) is 20.2 Å². The Morgan fingerprint density at radius 2 is 2.09 bits per heavy atom. The Morgan fingerprint density at radius 1 is 1.39 bits per heavy atom. The van der Waals surface area contributed by atoms with Crippen molar-refractivity contribution >= 4 is 23.6 Å². The van der Waals surface area contributed by atoms with Crippen LogP contribution in [0.2, 0.25) is 0 Å². The molecule has 0 unspecified atom stereocenters. The fourth-order valence-corrected chi connectivity index (χ4v) is 1.65. The first-order valence-electron chi connectivity index (χ1n) is 6.46. The summed E-state index contributed by atoms with van der Waals surface area (Å²) in [5.41, 5.74) is -0.363. The third-order valence-corrected chi connectivity index (χ3v) is 2.63. The third-order valence-electron chi connectivity index (χ3n) is 2.63. The van der Waals surface area contributed by atoms with Gasteiger partial charge in [0.05, 0.1) is 4.92 Å². The minimum Gasteiger partial charge on any atom is -0.452 e. The standard InChI is InChI=1S/C14H15N3O6/c1-3-7-15-14(20)16-11(18)8-23-13(19)10-6-4-5-9(2)12(10)17(21)22/h3-6H,1,7-8H2,2H3,(H2,15,16,18,20). The first kappa shape index (κ1) is 17.8. The SMILES string of the molecule is C=CCNC(=O)NC(=O)COC(=O)c1cccc(C)c1[N+](=O)[O-]. The Labute approximate surface area is 131 Å². The largest absolute Gasteiger partial charge is 0.452 e. The Morgan fingerprint density at radius 3 is 2.70 bits per heavy atom. The van der Waals surface area contributed by atoms with Gasteiger partial charge in [0.1, 0.15) is 5.56 Å². The molecule has 9 heteroatoms. The number of nitro groups is 1. The number of amides is 3. The Bertz CT molecular complexity index is 656. The predicted octanol–water partition coefficient (Wildman–Crippen LogP) is 1.07. The van der Waals surface area contributed by atoms with E-state index in [1.807, 2.05) is 5.32 Å². The highest BCUT2D eigenvalue weighted by molar-refractivity contribution is 5.98.